The molecule has 3 atom stereocenters. The molecule has 0 aromatic heterocycles. The number of carbonyl (C=O) groups is 1. The van der Waals surface area contributed by atoms with Crippen LogP contribution in [0, 0.1) is 5.92 Å². The predicted octanol–water partition coefficient (Wildman–Crippen LogP) is 1.53. The van der Waals surface area contributed by atoms with Crippen molar-refractivity contribution >= 4 is 15.9 Å². The smallest absolute Gasteiger partial charge is 0.244 e. The Hall–Kier alpha value is -1.80. The largest absolute Gasteiger partial charge is 0.486 e. The van der Waals surface area contributed by atoms with E-state index in [1.165, 1.54) is 10.4 Å². The molecule has 1 saturated carbocycles. The average Bonchev–Trinajstić information content (AvgIpc) is 3.07. The van der Waals surface area contributed by atoms with Crippen LogP contribution in [0.2, 0.25) is 0 Å². The number of sulfonamides is 1. The standard InChI is InChI=1S/C18H24N2O5S/c1-19-18(21)15-10-12-4-2-3-5-14(12)20(15)26(22,23)13-6-7-16-17(11-13)25-9-8-24-16/h6-7,11-12,14-15H,2-5,8-10H2,1H3,(H,19,21)/t12-,14-,15-/m0/s1. The van der Waals surface area contributed by atoms with Gasteiger partial charge in [0.15, 0.2) is 11.5 Å². The highest BCUT2D eigenvalue weighted by atomic mass is 32.2. The predicted molar refractivity (Wildman–Crippen MR) is 94.7 cm³/mol. The van der Waals surface area contributed by atoms with Crippen molar-refractivity contribution in [3.63, 3.8) is 0 Å². The van der Waals surface area contributed by atoms with Crippen LogP contribution < -0.4 is 14.8 Å². The molecule has 1 aliphatic carbocycles. The Morgan fingerprint density at radius 1 is 1.15 bits per heavy atom. The van der Waals surface area contributed by atoms with E-state index in [-0.39, 0.29) is 22.8 Å². The van der Waals surface area contributed by atoms with E-state index in [4.69, 9.17) is 9.47 Å². The first-order chi connectivity index (χ1) is 12.5. The van der Waals surface area contributed by atoms with Gasteiger partial charge >= 0.3 is 0 Å². The summed E-state index contributed by atoms with van der Waals surface area (Å²) in [5.41, 5.74) is 0. The molecular formula is C18H24N2O5S. The molecule has 0 bridgehead atoms. The molecule has 0 radical (unpaired) electrons. The second-order valence-electron chi connectivity index (χ2n) is 7.12. The normalized spacial score (nSPS) is 28.4. The van der Waals surface area contributed by atoms with Gasteiger partial charge in [-0.1, -0.05) is 12.8 Å². The Balaban J connectivity index is 1.73. The molecule has 7 nitrogen and oxygen atoms in total. The highest BCUT2D eigenvalue weighted by Gasteiger charge is 2.50. The van der Waals surface area contributed by atoms with Crippen molar-refractivity contribution in [1.82, 2.24) is 9.62 Å². The summed E-state index contributed by atoms with van der Waals surface area (Å²) < 4.78 is 39.4. The van der Waals surface area contributed by atoms with E-state index in [2.05, 4.69) is 5.32 Å². The van der Waals surface area contributed by atoms with E-state index in [0.29, 0.717) is 31.1 Å². The van der Waals surface area contributed by atoms with E-state index in [1.807, 2.05) is 0 Å². The van der Waals surface area contributed by atoms with Gasteiger partial charge in [-0.05, 0) is 37.3 Å². The molecule has 8 heteroatoms. The zero-order valence-corrected chi connectivity index (χ0v) is 15.6. The molecule has 2 aliphatic heterocycles. The van der Waals surface area contributed by atoms with Gasteiger partial charge in [0, 0.05) is 19.2 Å². The summed E-state index contributed by atoms with van der Waals surface area (Å²) in [6.45, 7) is 0.847. The third kappa shape index (κ3) is 2.85. The number of likely N-dealkylation sites (N-methyl/N-ethyl adjacent to an activating group) is 1. The lowest BCUT2D eigenvalue weighted by Crippen LogP contribution is -2.48. The van der Waals surface area contributed by atoms with Crippen molar-refractivity contribution in [2.24, 2.45) is 5.92 Å². The van der Waals surface area contributed by atoms with Gasteiger partial charge in [-0.25, -0.2) is 8.42 Å². The van der Waals surface area contributed by atoms with Crippen molar-refractivity contribution in [3.8, 4) is 11.5 Å². The monoisotopic (exact) mass is 380 g/mol. The molecular weight excluding hydrogens is 356 g/mol. The first kappa shape index (κ1) is 17.6. The van der Waals surface area contributed by atoms with E-state index >= 15 is 0 Å². The number of rotatable bonds is 3. The minimum Gasteiger partial charge on any atom is -0.486 e. The number of hydrogen-bond donors (Lipinski definition) is 1. The average molecular weight is 380 g/mol. The van der Waals surface area contributed by atoms with Crippen LogP contribution in [0.4, 0.5) is 0 Å². The Morgan fingerprint density at radius 3 is 2.65 bits per heavy atom. The van der Waals surface area contributed by atoms with Crippen LogP contribution in [0.15, 0.2) is 23.1 Å². The van der Waals surface area contributed by atoms with Gasteiger partial charge in [-0.15, -0.1) is 0 Å². The Kier molecular flexibility index (Phi) is 4.56. The van der Waals surface area contributed by atoms with Gasteiger partial charge in [-0.2, -0.15) is 4.31 Å². The molecule has 1 aromatic carbocycles. The molecule has 0 unspecified atom stereocenters. The number of nitrogens with zero attached hydrogens (tertiary/aromatic N) is 1. The molecule has 2 heterocycles. The SMILES string of the molecule is CNC(=O)[C@@H]1C[C@@H]2CCCC[C@@H]2N1S(=O)(=O)c1ccc2c(c1)OCCO2. The summed E-state index contributed by atoms with van der Waals surface area (Å²) in [5.74, 6) is 1.00. The number of benzene rings is 1. The molecule has 26 heavy (non-hydrogen) atoms. The summed E-state index contributed by atoms with van der Waals surface area (Å²) in [7, 11) is -2.26. The van der Waals surface area contributed by atoms with E-state index in [1.54, 1.807) is 19.2 Å². The van der Waals surface area contributed by atoms with Crippen LogP contribution >= 0.6 is 0 Å². The Labute approximate surface area is 153 Å². The van der Waals surface area contributed by atoms with Gasteiger partial charge in [0.25, 0.3) is 0 Å². The van der Waals surface area contributed by atoms with Gasteiger partial charge in [0.05, 0.1) is 4.90 Å². The van der Waals surface area contributed by atoms with Crippen LogP contribution in [-0.2, 0) is 14.8 Å². The van der Waals surface area contributed by atoms with Crippen molar-refractivity contribution in [3.05, 3.63) is 18.2 Å². The van der Waals surface area contributed by atoms with Gasteiger partial charge < -0.3 is 14.8 Å². The highest BCUT2D eigenvalue weighted by Crippen LogP contribution is 2.43. The van der Waals surface area contributed by atoms with E-state index in [9.17, 15) is 13.2 Å². The number of amides is 1. The van der Waals surface area contributed by atoms with Gasteiger partial charge in [0.2, 0.25) is 15.9 Å². The Bertz CT molecular complexity index is 810. The first-order valence-corrected chi connectivity index (χ1v) is 10.6. The maximum Gasteiger partial charge on any atom is 0.244 e. The summed E-state index contributed by atoms with van der Waals surface area (Å²) in [6.07, 6.45) is 4.47. The molecule has 1 amide bonds. The van der Waals surface area contributed by atoms with E-state index < -0.39 is 16.1 Å². The van der Waals surface area contributed by atoms with Gasteiger partial charge in [0.1, 0.15) is 19.3 Å². The van der Waals surface area contributed by atoms with Crippen LogP contribution in [0.5, 0.6) is 11.5 Å². The third-order valence-electron chi connectivity index (χ3n) is 5.67. The van der Waals surface area contributed by atoms with Crippen molar-refractivity contribution < 1.29 is 22.7 Å². The molecule has 1 N–H and O–H groups in total. The lowest BCUT2D eigenvalue weighted by Gasteiger charge is -2.32. The number of fused-ring (bicyclic) bond motifs is 2. The zero-order valence-electron chi connectivity index (χ0n) is 14.8. The number of ether oxygens (including phenoxy) is 2. The molecule has 4 rings (SSSR count). The molecule has 3 aliphatic rings. The molecule has 2 fully saturated rings. The molecule has 0 spiro atoms. The van der Waals surface area contributed by atoms with Crippen LogP contribution in [0.3, 0.4) is 0 Å². The first-order valence-electron chi connectivity index (χ1n) is 9.17. The number of carbonyl (C=O) groups excluding carboxylic acids is 1. The minimum atomic E-state index is -3.81. The van der Waals surface area contributed by atoms with Crippen LogP contribution in [0.1, 0.15) is 32.1 Å². The van der Waals surface area contributed by atoms with Crippen molar-refractivity contribution in [2.45, 2.75) is 49.1 Å². The van der Waals surface area contributed by atoms with E-state index in [0.717, 1.165) is 25.7 Å². The topological polar surface area (TPSA) is 84.9 Å². The van der Waals surface area contributed by atoms with Crippen molar-refractivity contribution in [2.75, 3.05) is 20.3 Å². The summed E-state index contributed by atoms with van der Waals surface area (Å²) in [6, 6.07) is 3.93. The maximum absolute atomic E-state index is 13.5. The maximum atomic E-state index is 13.5. The lowest BCUT2D eigenvalue weighted by molar-refractivity contribution is -0.123. The third-order valence-corrected chi connectivity index (χ3v) is 7.60. The lowest BCUT2D eigenvalue weighted by atomic mass is 9.85. The fraction of sp³-hybridized carbons (Fsp3) is 0.611. The Morgan fingerprint density at radius 2 is 1.88 bits per heavy atom. The molecule has 1 aromatic rings. The molecule has 142 valence electrons. The van der Waals surface area contributed by atoms with Crippen LogP contribution in [0.25, 0.3) is 0 Å². The number of hydrogen-bond acceptors (Lipinski definition) is 5. The van der Waals surface area contributed by atoms with Crippen molar-refractivity contribution in [1.29, 1.82) is 0 Å². The highest BCUT2D eigenvalue weighted by molar-refractivity contribution is 7.89. The number of nitrogens with one attached hydrogen (secondary N) is 1. The minimum absolute atomic E-state index is 0.107. The van der Waals surface area contributed by atoms with Crippen LogP contribution in [-0.4, -0.2) is 51.0 Å². The fourth-order valence-corrected chi connectivity index (χ4v) is 6.35. The van der Waals surface area contributed by atoms with Gasteiger partial charge in [-0.3, -0.25) is 4.79 Å². The zero-order chi connectivity index (χ0) is 18.3. The molecule has 1 saturated heterocycles. The second-order valence-corrected chi connectivity index (χ2v) is 8.96. The second kappa shape index (κ2) is 6.74. The quantitative estimate of drug-likeness (QED) is 0.860. The summed E-state index contributed by atoms with van der Waals surface area (Å²) in [4.78, 5) is 12.6. The summed E-state index contributed by atoms with van der Waals surface area (Å²) in [5, 5.41) is 2.63. The fourth-order valence-electron chi connectivity index (χ4n) is 4.46. The summed E-state index contributed by atoms with van der Waals surface area (Å²) >= 11 is 0.